The number of anilines is 3. The maximum atomic E-state index is 12.2. The first-order valence-electron chi connectivity index (χ1n) is 6.10. The molecule has 1 aromatic carbocycles. The van der Waals surface area contributed by atoms with Gasteiger partial charge in [-0.25, -0.2) is 9.97 Å². The monoisotopic (exact) mass is 330 g/mol. The minimum absolute atomic E-state index is 0.0257. The fourth-order valence-corrected chi connectivity index (χ4v) is 1.93. The molecular weight excluding hydrogens is 318 g/mol. The highest BCUT2D eigenvalue weighted by Gasteiger charge is 2.13. The van der Waals surface area contributed by atoms with E-state index in [1.165, 1.54) is 25.3 Å². The molecule has 0 aliphatic rings. The molecule has 2 rings (SSSR count). The van der Waals surface area contributed by atoms with Gasteiger partial charge in [-0.1, -0.05) is 11.6 Å². The summed E-state index contributed by atoms with van der Waals surface area (Å²) in [5.74, 6) is 0.976. The van der Waals surface area contributed by atoms with Crippen molar-refractivity contribution in [3.63, 3.8) is 0 Å². The lowest BCUT2D eigenvalue weighted by Crippen LogP contribution is -2.05. The molecule has 0 aliphatic carbocycles. The zero-order valence-corrected chi connectivity index (χ0v) is 12.5. The fourth-order valence-electron chi connectivity index (χ4n) is 1.72. The van der Waals surface area contributed by atoms with Crippen LogP contribution < -0.4 is 20.5 Å². The van der Waals surface area contributed by atoms with Gasteiger partial charge < -0.3 is 20.5 Å². The van der Waals surface area contributed by atoms with Crippen LogP contribution in [0.15, 0.2) is 18.2 Å². The lowest BCUT2D eigenvalue weighted by atomic mass is 10.2. The standard InChI is InChI=1S/C13H13ClF2N4O2/c1-6-18-11(14)10(17)12(19-6)20-8-4-3-7(22-13(15)16)5-9(8)21-2/h3-5,13H,17H2,1-2H3,(H,18,19,20). The smallest absolute Gasteiger partial charge is 0.387 e. The summed E-state index contributed by atoms with van der Waals surface area (Å²) in [6.45, 7) is -1.25. The molecule has 0 bridgehead atoms. The molecule has 0 radical (unpaired) electrons. The number of hydrogen-bond acceptors (Lipinski definition) is 6. The number of nitrogens with one attached hydrogen (secondary N) is 1. The highest BCUT2D eigenvalue weighted by atomic mass is 35.5. The first-order valence-corrected chi connectivity index (χ1v) is 6.48. The summed E-state index contributed by atoms with van der Waals surface area (Å²) in [5.41, 5.74) is 6.43. The highest BCUT2D eigenvalue weighted by molar-refractivity contribution is 6.32. The number of halogens is 3. The van der Waals surface area contributed by atoms with E-state index in [4.69, 9.17) is 22.1 Å². The normalized spacial score (nSPS) is 10.6. The van der Waals surface area contributed by atoms with Crippen LogP contribution in [0.25, 0.3) is 0 Å². The molecule has 2 aromatic rings. The van der Waals surface area contributed by atoms with E-state index in [2.05, 4.69) is 20.0 Å². The zero-order chi connectivity index (χ0) is 16.3. The van der Waals surface area contributed by atoms with Crippen molar-refractivity contribution in [2.45, 2.75) is 13.5 Å². The summed E-state index contributed by atoms with van der Waals surface area (Å²) in [7, 11) is 1.40. The minimum Gasteiger partial charge on any atom is -0.494 e. The lowest BCUT2D eigenvalue weighted by Gasteiger charge is -2.14. The molecule has 6 nitrogen and oxygen atoms in total. The number of benzene rings is 1. The quantitative estimate of drug-likeness (QED) is 0.818. The van der Waals surface area contributed by atoms with Crippen LogP contribution in [-0.4, -0.2) is 23.7 Å². The van der Waals surface area contributed by atoms with Crippen molar-refractivity contribution in [1.82, 2.24) is 9.97 Å². The Morgan fingerprint density at radius 2 is 2.05 bits per heavy atom. The van der Waals surface area contributed by atoms with E-state index >= 15 is 0 Å². The Bertz CT molecular complexity index is 685. The number of aromatic nitrogens is 2. The van der Waals surface area contributed by atoms with E-state index < -0.39 is 6.61 Å². The maximum Gasteiger partial charge on any atom is 0.387 e. The second kappa shape index (κ2) is 6.61. The number of nitrogen functional groups attached to an aromatic ring is 1. The van der Waals surface area contributed by atoms with Gasteiger partial charge in [0, 0.05) is 6.07 Å². The van der Waals surface area contributed by atoms with E-state index in [0.29, 0.717) is 17.3 Å². The third kappa shape index (κ3) is 3.64. The van der Waals surface area contributed by atoms with Crippen molar-refractivity contribution >= 4 is 28.8 Å². The molecule has 9 heteroatoms. The maximum absolute atomic E-state index is 12.2. The SMILES string of the molecule is COc1cc(OC(F)F)ccc1Nc1nc(C)nc(Cl)c1N. The zero-order valence-electron chi connectivity index (χ0n) is 11.7. The van der Waals surface area contributed by atoms with Crippen molar-refractivity contribution in [2.24, 2.45) is 0 Å². The van der Waals surface area contributed by atoms with Gasteiger partial charge in [0.15, 0.2) is 11.0 Å². The van der Waals surface area contributed by atoms with Crippen molar-refractivity contribution in [1.29, 1.82) is 0 Å². The molecule has 0 atom stereocenters. The van der Waals surface area contributed by atoms with Crippen LogP contribution in [0, 0.1) is 6.92 Å². The van der Waals surface area contributed by atoms with E-state index in [9.17, 15) is 8.78 Å². The topological polar surface area (TPSA) is 82.3 Å². The predicted molar refractivity (Wildman–Crippen MR) is 79.1 cm³/mol. The van der Waals surface area contributed by atoms with Gasteiger partial charge in [0.05, 0.1) is 12.8 Å². The van der Waals surface area contributed by atoms with Gasteiger partial charge in [-0.05, 0) is 19.1 Å². The number of alkyl halides is 2. The van der Waals surface area contributed by atoms with Crippen molar-refractivity contribution in [2.75, 3.05) is 18.2 Å². The first-order chi connectivity index (χ1) is 10.4. The molecule has 22 heavy (non-hydrogen) atoms. The second-order valence-corrected chi connectivity index (χ2v) is 4.55. The van der Waals surface area contributed by atoms with E-state index in [-0.39, 0.29) is 22.3 Å². The Morgan fingerprint density at radius 3 is 2.68 bits per heavy atom. The van der Waals surface area contributed by atoms with Crippen LogP contribution in [-0.2, 0) is 0 Å². The van der Waals surface area contributed by atoms with Crippen LogP contribution >= 0.6 is 11.6 Å². The third-order valence-electron chi connectivity index (χ3n) is 2.66. The van der Waals surface area contributed by atoms with Gasteiger partial charge >= 0.3 is 6.61 Å². The van der Waals surface area contributed by atoms with Gasteiger partial charge in [-0.3, -0.25) is 0 Å². The third-order valence-corrected chi connectivity index (χ3v) is 2.95. The molecule has 0 aliphatic heterocycles. The first kappa shape index (κ1) is 16.0. The van der Waals surface area contributed by atoms with Crippen molar-refractivity contribution in [3.8, 4) is 11.5 Å². The number of rotatable bonds is 5. The average molecular weight is 331 g/mol. The van der Waals surface area contributed by atoms with E-state index in [0.717, 1.165) is 0 Å². The molecular formula is C13H13ClF2N4O2. The summed E-state index contributed by atoms with van der Waals surface area (Å²) in [6.07, 6.45) is 0. The molecule has 1 heterocycles. The second-order valence-electron chi connectivity index (χ2n) is 4.19. The number of methoxy groups -OCH3 is 1. The summed E-state index contributed by atoms with van der Waals surface area (Å²) in [5, 5.41) is 3.04. The molecule has 0 amide bonds. The van der Waals surface area contributed by atoms with Crippen LogP contribution in [0.3, 0.4) is 0 Å². The summed E-state index contributed by atoms with van der Waals surface area (Å²) in [4.78, 5) is 8.06. The number of ether oxygens (including phenoxy) is 2. The molecule has 0 fully saturated rings. The van der Waals surface area contributed by atoms with Gasteiger partial charge in [-0.15, -0.1) is 0 Å². The summed E-state index contributed by atoms with van der Waals surface area (Å²) in [6, 6.07) is 4.19. The van der Waals surface area contributed by atoms with Gasteiger partial charge in [0.2, 0.25) is 0 Å². The van der Waals surface area contributed by atoms with Crippen LogP contribution in [0.5, 0.6) is 11.5 Å². The highest BCUT2D eigenvalue weighted by Crippen LogP contribution is 2.34. The average Bonchev–Trinajstić information content (AvgIpc) is 2.45. The lowest BCUT2D eigenvalue weighted by molar-refractivity contribution is -0.0499. The molecule has 3 N–H and O–H groups in total. The van der Waals surface area contributed by atoms with Crippen LogP contribution in [0.2, 0.25) is 5.15 Å². The van der Waals surface area contributed by atoms with Gasteiger partial charge in [0.25, 0.3) is 0 Å². The molecule has 0 saturated heterocycles. The Morgan fingerprint density at radius 1 is 1.32 bits per heavy atom. The van der Waals surface area contributed by atoms with Crippen molar-refractivity contribution in [3.05, 3.63) is 29.2 Å². The van der Waals surface area contributed by atoms with Crippen LogP contribution in [0.1, 0.15) is 5.82 Å². The van der Waals surface area contributed by atoms with Crippen molar-refractivity contribution < 1.29 is 18.3 Å². The van der Waals surface area contributed by atoms with E-state index in [1.807, 2.05) is 0 Å². The summed E-state index contributed by atoms with van der Waals surface area (Å²) < 4.78 is 33.9. The number of nitrogens with two attached hydrogens (primary N) is 1. The predicted octanol–water partition coefficient (Wildman–Crippen LogP) is 3.37. The summed E-state index contributed by atoms with van der Waals surface area (Å²) >= 11 is 5.89. The largest absolute Gasteiger partial charge is 0.494 e. The van der Waals surface area contributed by atoms with Gasteiger partial charge in [0.1, 0.15) is 23.0 Å². The van der Waals surface area contributed by atoms with E-state index in [1.54, 1.807) is 6.92 Å². The Labute approximate surface area is 130 Å². The van der Waals surface area contributed by atoms with Crippen LogP contribution in [0.4, 0.5) is 26.0 Å². The molecule has 0 unspecified atom stereocenters. The number of aryl methyl sites for hydroxylation is 1. The van der Waals surface area contributed by atoms with Gasteiger partial charge in [-0.2, -0.15) is 8.78 Å². The number of hydrogen-bond donors (Lipinski definition) is 2. The molecule has 118 valence electrons. The minimum atomic E-state index is -2.91. The fraction of sp³-hybridized carbons (Fsp3) is 0.231. The Balaban J connectivity index is 2.33. The number of nitrogens with zero attached hydrogens (tertiary/aromatic N) is 2. The molecule has 0 spiro atoms. The Hall–Kier alpha value is -2.35. The molecule has 0 saturated carbocycles. The Kier molecular flexibility index (Phi) is 4.81. The molecule has 1 aromatic heterocycles.